The molecule has 0 saturated carbocycles. The van der Waals surface area contributed by atoms with Gasteiger partial charge in [0.2, 0.25) is 0 Å². The van der Waals surface area contributed by atoms with E-state index in [1.54, 1.807) is 48.5 Å². The smallest absolute Gasteiger partial charge is 0.275 e. The van der Waals surface area contributed by atoms with Gasteiger partial charge in [-0.1, -0.05) is 6.07 Å². The first-order chi connectivity index (χ1) is 7.27. The zero-order chi connectivity index (χ0) is 10.7. The fourth-order valence-electron chi connectivity index (χ4n) is 1.16. The summed E-state index contributed by atoms with van der Waals surface area (Å²) in [5.74, 6) is 0.407. The van der Waals surface area contributed by atoms with Gasteiger partial charge < -0.3 is 9.88 Å². The van der Waals surface area contributed by atoms with Crippen molar-refractivity contribution in [2.75, 3.05) is 5.32 Å². The lowest BCUT2D eigenvalue weighted by molar-refractivity contribution is 0.102. The SMILES string of the molecule is Cn1cncc1NC(=O)c1ccccn1. The average molecular weight is 202 g/mol. The molecule has 0 aliphatic carbocycles. The number of nitrogens with zero attached hydrogens (tertiary/aromatic N) is 3. The molecule has 0 fully saturated rings. The number of aryl methyl sites for hydroxylation is 1. The Morgan fingerprint density at radius 2 is 2.33 bits per heavy atom. The molecular weight excluding hydrogens is 192 g/mol. The second-order valence-corrected chi connectivity index (χ2v) is 3.06. The molecule has 1 amide bonds. The monoisotopic (exact) mass is 202 g/mol. The molecule has 2 rings (SSSR count). The molecule has 0 aromatic carbocycles. The molecule has 0 aliphatic rings. The summed E-state index contributed by atoms with van der Waals surface area (Å²) in [6.45, 7) is 0. The third kappa shape index (κ3) is 2.01. The van der Waals surface area contributed by atoms with Crippen LogP contribution in [0.2, 0.25) is 0 Å². The molecule has 0 unspecified atom stereocenters. The Morgan fingerprint density at radius 1 is 1.47 bits per heavy atom. The van der Waals surface area contributed by atoms with Gasteiger partial charge in [-0.3, -0.25) is 9.78 Å². The largest absolute Gasteiger partial charge is 0.320 e. The Morgan fingerprint density at radius 3 is 2.93 bits per heavy atom. The normalized spacial score (nSPS) is 9.93. The van der Waals surface area contributed by atoms with Crippen LogP contribution in [0.15, 0.2) is 36.9 Å². The van der Waals surface area contributed by atoms with Gasteiger partial charge in [-0.25, -0.2) is 4.98 Å². The van der Waals surface area contributed by atoms with Crippen LogP contribution < -0.4 is 5.32 Å². The Labute approximate surface area is 86.8 Å². The lowest BCUT2D eigenvalue weighted by atomic mass is 10.3. The Bertz CT molecular complexity index is 463. The van der Waals surface area contributed by atoms with Crippen molar-refractivity contribution in [1.82, 2.24) is 14.5 Å². The molecule has 0 saturated heterocycles. The maximum Gasteiger partial charge on any atom is 0.275 e. The van der Waals surface area contributed by atoms with E-state index < -0.39 is 0 Å². The van der Waals surface area contributed by atoms with E-state index >= 15 is 0 Å². The predicted octanol–water partition coefficient (Wildman–Crippen LogP) is 1.07. The van der Waals surface area contributed by atoms with E-state index in [9.17, 15) is 4.79 Å². The number of rotatable bonds is 2. The molecule has 5 heteroatoms. The van der Waals surface area contributed by atoms with Crippen molar-refractivity contribution in [2.45, 2.75) is 0 Å². The van der Waals surface area contributed by atoms with Gasteiger partial charge in [0.15, 0.2) is 0 Å². The summed E-state index contributed by atoms with van der Waals surface area (Å²) in [6, 6.07) is 5.19. The van der Waals surface area contributed by atoms with E-state index in [-0.39, 0.29) is 5.91 Å². The van der Waals surface area contributed by atoms with Gasteiger partial charge in [-0.15, -0.1) is 0 Å². The van der Waals surface area contributed by atoms with Crippen molar-refractivity contribution in [3.8, 4) is 0 Å². The molecule has 0 radical (unpaired) electrons. The van der Waals surface area contributed by atoms with Gasteiger partial charge in [0.1, 0.15) is 11.5 Å². The third-order valence-corrected chi connectivity index (χ3v) is 1.96. The van der Waals surface area contributed by atoms with E-state index in [0.717, 1.165) is 0 Å². The Kier molecular flexibility index (Phi) is 2.45. The van der Waals surface area contributed by atoms with Gasteiger partial charge in [-0.2, -0.15) is 0 Å². The molecule has 15 heavy (non-hydrogen) atoms. The van der Waals surface area contributed by atoms with Crippen LogP contribution in [0.5, 0.6) is 0 Å². The van der Waals surface area contributed by atoms with E-state index in [1.165, 1.54) is 0 Å². The minimum Gasteiger partial charge on any atom is -0.320 e. The van der Waals surface area contributed by atoms with Crippen molar-refractivity contribution in [2.24, 2.45) is 7.05 Å². The molecule has 5 nitrogen and oxygen atoms in total. The Hall–Kier alpha value is -2.17. The van der Waals surface area contributed by atoms with Gasteiger partial charge >= 0.3 is 0 Å². The van der Waals surface area contributed by atoms with Gasteiger partial charge in [0.25, 0.3) is 5.91 Å². The number of carbonyl (C=O) groups excluding carboxylic acids is 1. The minimum atomic E-state index is -0.237. The van der Waals surface area contributed by atoms with Crippen molar-refractivity contribution < 1.29 is 4.79 Å². The second kappa shape index (κ2) is 3.91. The molecule has 76 valence electrons. The van der Waals surface area contributed by atoms with Crippen LogP contribution in [-0.2, 0) is 7.05 Å². The van der Waals surface area contributed by atoms with Crippen LogP contribution in [0.3, 0.4) is 0 Å². The quantitative estimate of drug-likeness (QED) is 0.792. The number of pyridine rings is 1. The molecular formula is C10H10N4O. The fourth-order valence-corrected chi connectivity index (χ4v) is 1.16. The first-order valence-electron chi connectivity index (χ1n) is 4.46. The number of carbonyl (C=O) groups is 1. The van der Waals surface area contributed by atoms with Gasteiger partial charge in [0, 0.05) is 13.2 Å². The van der Waals surface area contributed by atoms with Gasteiger partial charge in [-0.05, 0) is 12.1 Å². The standard InChI is InChI=1S/C10H10N4O/c1-14-7-11-6-9(14)13-10(15)8-4-2-3-5-12-8/h2-7H,1H3,(H,13,15). The van der Waals surface area contributed by atoms with Gasteiger partial charge in [0.05, 0.1) is 12.5 Å². The topological polar surface area (TPSA) is 59.8 Å². The first kappa shape index (κ1) is 9.39. The molecule has 1 N–H and O–H groups in total. The van der Waals surface area contributed by atoms with E-state index in [4.69, 9.17) is 0 Å². The molecule has 2 heterocycles. The van der Waals surface area contributed by atoms with Crippen molar-refractivity contribution in [3.05, 3.63) is 42.6 Å². The van der Waals surface area contributed by atoms with Crippen LogP contribution >= 0.6 is 0 Å². The maximum absolute atomic E-state index is 11.6. The van der Waals surface area contributed by atoms with Crippen LogP contribution in [0.4, 0.5) is 5.82 Å². The van der Waals surface area contributed by atoms with Crippen LogP contribution in [0, 0.1) is 0 Å². The Balaban J connectivity index is 2.15. The minimum absolute atomic E-state index is 0.237. The number of anilines is 1. The fraction of sp³-hybridized carbons (Fsp3) is 0.100. The highest BCUT2D eigenvalue weighted by atomic mass is 16.1. The first-order valence-corrected chi connectivity index (χ1v) is 4.46. The summed E-state index contributed by atoms with van der Waals surface area (Å²) in [7, 11) is 1.81. The van der Waals surface area contributed by atoms with Crippen molar-refractivity contribution in [1.29, 1.82) is 0 Å². The molecule has 0 atom stereocenters. The summed E-state index contributed by atoms with van der Waals surface area (Å²) in [6.07, 6.45) is 4.78. The summed E-state index contributed by atoms with van der Waals surface area (Å²) in [4.78, 5) is 19.5. The van der Waals surface area contributed by atoms with Crippen LogP contribution in [0.1, 0.15) is 10.5 Å². The molecule has 2 aromatic heterocycles. The van der Waals surface area contributed by atoms with Crippen molar-refractivity contribution in [3.63, 3.8) is 0 Å². The highest BCUT2D eigenvalue weighted by molar-refractivity contribution is 6.02. The van der Waals surface area contributed by atoms with E-state index in [1.807, 2.05) is 0 Å². The lowest BCUT2D eigenvalue weighted by Crippen LogP contribution is -2.15. The number of hydrogen-bond donors (Lipinski definition) is 1. The summed E-state index contributed by atoms with van der Waals surface area (Å²) in [5.41, 5.74) is 0.388. The van der Waals surface area contributed by atoms with Crippen LogP contribution in [-0.4, -0.2) is 20.4 Å². The maximum atomic E-state index is 11.6. The number of imidazole rings is 1. The summed E-state index contributed by atoms with van der Waals surface area (Å²) < 4.78 is 1.72. The number of nitrogens with one attached hydrogen (secondary N) is 1. The summed E-state index contributed by atoms with van der Waals surface area (Å²) >= 11 is 0. The zero-order valence-electron chi connectivity index (χ0n) is 8.21. The highest BCUT2D eigenvalue weighted by Gasteiger charge is 2.07. The number of aromatic nitrogens is 3. The van der Waals surface area contributed by atoms with Crippen molar-refractivity contribution >= 4 is 11.7 Å². The van der Waals surface area contributed by atoms with E-state index in [2.05, 4.69) is 15.3 Å². The number of hydrogen-bond acceptors (Lipinski definition) is 3. The molecule has 0 bridgehead atoms. The third-order valence-electron chi connectivity index (χ3n) is 1.96. The second-order valence-electron chi connectivity index (χ2n) is 3.06. The highest BCUT2D eigenvalue weighted by Crippen LogP contribution is 2.05. The molecule has 0 aliphatic heterocycles. The zero-order valence-corrected chi connectivity index (χ0v) is 8.21. The molecule has 0 spiro atoms. The predicted molar refractivity (Wildman–Crippen MR) is 55.4 cm³/mol. The average Bonchev–Trinajstić information content (AvgIpc) is 2.66. The van der Waals surface area contributed by atoms with Crippen LogP contribution in [0.25, 0.3) is 0 Å². The number of amides is 1. The lowest BCUT2D eigenvalue weighted by Gasteiger charge is -2.03. The molecule has 2 aromatic rings. The van der Waals surface area contributed by atoms with E-state index in [0.29, 0.717) is 11.5 Å². The summed E-state index contributed by atoms with van der Waals surface area (Å²) in [5, 5.41) is 2.71.